The number of imide groups is 1. The Labute approximate surface area is 214 Å². The molecule has 3 amide bonds. The number of rotatable bonds is 6. The van der Waals surface area contributed by atoms with Gasteiger partial charge >= 0.3 is 0 Å². The van der Waals surface area contributed by atoms with Gasteiger partial charge in [0, 0.05) is 62.5 Å². The highest BCUT2D eigenvalue weighted by Crippen LogP contribution is 2.31. The van der Waals surface area contributed by atoms with Gasteiger partial charge in [0.15, 0.2) is 0 Å². The van der Waals surface area contributed by atoms with Gasteiger partial charge in [-0.15, -0.1) is 0 Å². The van der Waals surface area contributed by atoms with Crippen LogP contribution in [0.5, 0.6) is 5.75 Å². The Morgan fingerprint density at radius 2 is 1.97 bits per heavy atom. The first-order valence-corrected chi connectivity index (χ1v) is 12.7. The number of pyridine rings is 1. The van der Waals surface area contributed by atoms with Gasteiger partial charge in [-0.05, 0) is 60.2 Å². The smallest absolute Gasteiger partial charge is 0.255 e. The van der Waals surface area contributed by atoms with Crippen LogP contribution in [0, 0.1) is 0 Å². The molecule has 0 saturated carbocycles. The molecule has 3 aliphatic heterocycles. The van der Waals surface area contributed by atoms with E-state index in [9.17, 15) is 14.4 Å². The van der Waals surface area contributed by atoms with Crippen LogP contribution in [0.25, 0.3) is 10.8 Å². The molecule has 0 spiro atoms. The maximum absolute atomic E-state index is 12.9. The number of aromatic nitrogens is 1. The Morgan fingerprint density at radius 3 is 2.81 bits per heavy atom. The number of hydrogen-bond donors (Lipinski definition) is 2. The summed E-state index contributed by atoms with van der Waals surface area (Å²) >= 11 is 0. The van der Waals surface area contributed by atoms with Crippen molar-refractivity contribution >= 4 is 34.2 Å². The Kier molecular flexibility index (Phi) is 6.00. The molecular weight excluding hydrogens is 470 g/mol. The number of hydrogen-bond acceptors (Lipinski definition) is 7. The lowest BCUT2D eigenvalue weighted by Gasteiger charge is -2.29. The van der Waals surface area contributed by atoms with Gasteiger partial charge in [-0.1, -0.05) is 6.07 Å². The molecule has 9 nitrogen and oxygen atoms in total. The average molecular weight is 500 g/mol. The summed E-state index contributed by atoms with van der Waals surface area (Å²) < 4.78 is 6.29. The van der Waals surface area contributed by atoms with Gasteiger partial charge in [0.05, 0.1) is 5.69 Å². The quantitative estimate of drug-likeness (QED) is 0.503. The fourth-order valence-electron chi connectivity index (χ4n) is 5.51. The van der Waals surface area contributed by atoms with Gasteiger partial charge < -0.3 is 15.0 Å². The number of carbonyl (C=O) groups excluding carboxylic acids is 3. The highest BCUT2D eigenvalue weighted by Gasteiger charge is 2.39. The second-order valence-electron chi connectivity index (χ2n) is 9.97. The Bertz CT molecular complexity index is 1410. The number of fused-ring (bicyclic) bond motifs is 2. The molecule has 2 fully saturated rings. The monoisotopic (exact) mass is 499 g/mol. The first kappa shape index (κ1) is 23.4. The SMILES string of the molecule is CNc1ccc2cc(CN3CC[C@H](Oc4ccc5c(c4)CN(C4CCC(=O)NC4=O)C5=O)C3)ncc2c1. The summed E-state index contributed by atoms with van der Waals surface area (Å²) in [6.45, 7) is 2.84. The van der Waals surface area contributed by atoms with Gasteiger partial charge in [0.25, 0.3) is 5.91 Å². The standard InChI is InChI=1S/C28H29N5O4/c1-29-20-3-2-17-10-21(30-13-18(17)11-20)15-32-9-8-23(16-32)37-22-4-5-24-19(12-22)14-33(28(24)36)25-6-7-26(34)31-27(25)35/h2-5,10-13,23,25,29H,6-9,14-16H2,1H3,(H,31,34,35)/t23-,25?/m0/s1. The molecule has 2 aromatic carbocycles. The number of ether oxygens (including phenoxy) is 1. The first-order chi connectivity index (χ1) is 18.0. The second-order valence-corrected chi connectivity index (χ2v) is 9.97. The maximum Gasteiger partial charge on any atom is 0.255 e. The molecule has 2 N–H and O–H groups in total. The van der Waals surface area contributed by atoms with Crippen molar-refractivity contribution in [3.63, 3.8) is 0 Å². The lowest BCUT2D eigenvalue weighted by Crippen LogP contribution is -2.52. The molecule has 0 aliphatic carbocycles. The summed E-state index contributed by atoms with van der Waals surface area (Å²) in [5.74, 6) is -0.129. The van der Waals surface area contributed by atoms with E-state index in [1.807, 2.05) is 25.4 Å². The normalized spacial score (nSPS) is 21.9. The van der Waals surface area contributed by atoms with Crippen LogP contribution in [0.2, 0.25) is 0 Å². The minimum atomic E-state index is -0.612. The van der Waals surface area contributed by atoms with Gasteiger partial charge in [-0.25, -0.2) is 0 Å². The number of nitrogens with one attached hydrogen (secondary N) is 2. The minimum Gasteiger partial charge on any atom is -0.489 e. The predicted octanol–water partition coefficient (Wildman–Crippen LogP) is 2.69. The molecule has 3 aliphatic rings. The topological polar surface area (TPSA) is 104 Å². The van der Waals surface area contributed by atoms with E-state index in [-0.39, 0.29) is 24.3 Å². The molecule has 9 heteroatoms. The van der Waals surface area contributed by atoms with Crippen LogP contribution in [0.1, 0.15) is 40.9 Å². The van der Waals surface area contributed by atoms with Crippen LogP contribution in [0.3, 0.4) is 0 Å². The number of nitrogens with zero attached hydrogens (tertiary/aromatic N) is 3. The Hall–Kier alpha value is -3.98. The molecule has 4 heterocycles. The zero-order valence-corrected chi connectivity index (χ0v) is 20.7. The largest absolute Gasteiger partial charge is 0.489 e. The number of likely N-dealkylation sites (tertiary alicyclic amines) is 1. The first-order valence-electron chi connectivity index (χ1n) is 12.7. The van der Waals surface area contributed by atoms with Crippen LogP contribution < -0.4 is 15.4 Å². The van der Waals surface area contributed by atoms with E-state index >= 15 is 0 Å². The number of piperidine rings is 1. The molecule has 1 aromatic heterocycles. The van der Waals surface area contributed by atoms with E-state index in [2.05, 4.69) is 44.8 Å². The highest BCUT2D eigenvalue weighted by molar-refractivity contribution is 6.05. The van der Waals surface area contributed by atoms with Crippen LogP contribution in [0.15, 0.2) is 48.7 Å². The van der Waals surface area contributed by atoms with Crippen molar-refractivity contribution in [1.29, 1.82) is 0 Å². The number of anilines is 1. The average Bonchev–Trinajstić information content (AvgIpc) is 3.47. The molecule has 0 radical (unpaired) electrons. The van der Waals surface area contributed by atoms with Gasteiger partial charge in [0.1, 0.15) is 17.9 Å². The van der Waals surface area contributed by atoms with Gasteiger partial charge in [-0.3, -0.25) is 29.6 Å². The molecule has 0 bridgehead atoms. The summed E-state index contributed by atoms with van der Waals surface area (Å²) in [5, 5.41) is 7.79. The van der Waals surface area contributed by atoms with Crippen molar-refractivity contribution in [3.05, 3.63) is 65.5 Å². The molecule has 1 unspecified atom stereocenters. The van der Waals surface area contributed by atoms with E-state index in [0.717, 1.165) is 54.1 Å². The number of amides is 3. The minimum absolute atomic E-state index is 0.0556. The molecule has 37 heavy (non-hydrogen) atoms. The lowest BCUT2D eigenvalue weighted by molar-refractivity contribution is -0.136. The third-order valence-corrected chi connectivity index (χ3v) is 7.48. The van der Waals surface area contributed by atoms with E-state index in [1.54, 1.807) is 11.0 Å². The van der Waals surface area contributed by atoms with Crippen molar-refractivity contribution < 1.29 is 19.1 Å². The molecule has 2 saturated heterocycles. The van der Waals surface area contributed by atoms with Crippen molar-refractivity contribution in [2.45, 2.75) is 44.5 Å². The summed E-state index contributed by atoms with van der Waals surface area (Å²) in [4.78, 5) is 45.2. The summed E-state index contributed by atoms with van der Waals surface area (Å²) in [6, 6.07) is 13.3. The van der Waals surface area contributed by atoms with Crippen LogP contribution >= 0.6 is 0 Å². The summed E-state index contributed by atoms with van der Waals surface area (Å²) in [7, 11) is 1.91. The Balaban J connectivity index is 1.07. The third kappa shape index (κ3) is 4.62. The zero-order chi connectivity index (χ0) is 25.5. The molecule has 2 atom stereocenters. The van der Waals surface area contributed by atoms with Crippen LogP contribution in [-0.2, 0) is 22.7 Å². The fraction of sp³-hybridized carbons (Fsp3) is 0.357. The van der Waals surface area contributed by atoms with E-state index in [1.165, 1.54) is 5.39 Å². The highest BCUT2D eigenvalue weighted by atomic mass is 16.5. The number of benzene rings is 2. The van der Waals surface area contributed by atoms with E-state index < -0.39 is 11.9 Å². The molecule has 3 aromatic rings. The van der Waals surface area contributed by atoms with Gasteiger partial charge in [0.2, 0.25) is 11.8 Å². The van der Waals surface area contributed by atoms with E-state index in [4.69, 9.17) is 4.74 Å². The lowest BCUT2D eigenvalue weighted by atomic mass is 10.0. The molecular formula is C28H29N5O4. The molecule has 190 valence electrons. The fourth-order valence-corrected chi connectivity index (χ4v) is 5.51. The number of carbonyl (C=O) groups is 3. The van der Waals surface area contributed by atoms with Gasteiger partial charge in [-0.2, -0.15) is 0 Å². The van der Waals surface area contributed by atoms with Crippen LogP contribution in [0.4, 0.5) is 5.69 Å². The Morgan fingerprint density at radius 1 is 1.08 bits per heavy atom. The van der Waals surface area contributed by atoms with Crippen molar-refractivity contribution in [1.82, 2.24) is 20.1 Å². The van der Waals surface area contributed by atoms with E-state index in [0.29, 0.717) is 18.5 Å². The summed E-state index contributed by atoms with van der Waals surface area (Å²) in [5.41, 5.74) is 3.55. The van der Waals surface area contributed by atoms with Crippen molar-refractivity contribution in [3.8, 4) is 5.75 Å². The van der Waals surface area contributed by atoms with Crippen molar-refractivity contribution in [2.75, 3.05) is 25.5 Å². The predicted molar refractivity (Wildman–Crippen MR) is 138 cm³/mol. The zero-order valence-electron chi connectivity index (χ0n) is 20.7. The van der Waals surface area contributed by atoms with Crippen LogP contribution in [-0.4, -0.2) is 64.8 Å². The summed E-state index contributed by atoms with van der Waals surface area (Å²) in [6.07, 6.45) is 3.50. The maximum atomic E-state index is 12.9. The third-order valence-electron chi connectivity index (χ3n) is 7.48. The van der Waals surface area contributed by atoms with Crippen molar-refractivity contribution in [2.24, 2.45) is 0 Å². The molecule has 6 rings (SSSR count). The second kappa shape index (κ2) is 9.48.